The summed E-state index contributed by atoms with van der Waals surface area (Å²) in [6, 6.07) is 8.90. The molecule has 2 amide bonds. The normalized spacial score (nSPS) is 15.9. The number of halogens is 3. The number of nitrogens with zero attached hydrogens (tertiary/aromatic N) is 1. The number of benzene rings is 1. The van der Waals surface area contributed by atoms with Gasteiger partial charge in [-0.15, -0.1) is 0 Å². The number of likely N-dealkylation sites (tertiary alicyclic amines) is 1. The summed E-state index contributed by atoms with van der Waals surface area (Å²) < 4.78 is 42.3. The number of ether oxygens (including phenoxy) is 1. The number of para-hydroxylation sites is 1. The second kappa shape index (κ2) is 8.03. The fourth-order valence-electron chi connectivity index (χ4n) is 2.49. The minimum Gasteiger partial charge on any atom is -0.484 e. The van der Waals surface area contributed by atoms with Crippen molar-refractivity contribution in [1.29, 1.82) is 0 Å². The van der Waals surface area contributed by atoms with E-state index in [0.717, 1.165) is 4.90 Å². The predicted octanol–water partition coefficient (Wildman–Crippen LogP) is 1.98. The van der Waals surface area contributed by atoms with Crippen molar-refractivity contribution in [2.45, 2.75) is 19.0 Å². The van der Waals surface area contributed by atoms with Crippen LogP contribution in [0.15, 0.2) is 30.3 Å². The first-order chi connectivity index (χ1) is 11.4. The standard InChI is InChI=1S/C16H19F3N2O3/c17-16(18,19)15(23)21-8-6-12(7-9-21)10-20-14(22)11-24-13-4-2-1-3-5-13/h1-5,12H,6-11H2,(H,20,22). The van der Waals surface area contributed by atoms with Gasteiger partial charge in [-0.05, 0) is 30.9 Å². The van der Waals surface area contributed by atoms with Crippen LogP contribution in [-0.2, 0) is 9.59 Å². The van der Waals surface area contributed by atoms with Crippen LogP contribution < -0.4 is 10.1 Å². The fraction of sp³-hybridized carbons (Fsp3) is 0.500. The average Bonchev–Trinajstić information content (AvgIpc) is 2.58. The Morgan fingerprint density at radius 1 is 1.17 bits per heavy atom. The van der Waals surface area contributed by atoms with Crippen LogP contribution in [0.25, 0.3) is 0 Å². The topological polar surface area (TPSA) is 58.6 Å². The molecule has 5 nitrogen and oxygen atoms in total. The van der Waals surface area contributed by atoms with Gasteiger partial charge >= 0.3 is 12.1 Å². The zero-order chi connectivity index (χ0) is 17.6. The number of amides is 2. The molecule has 1 heterocycles. The molecule has 24 heavy (non-hydrogen) atoms. The molecule has 0 bridgehead atoms. The molecule has 1 N–H and O–H groups in total. The van der Waals surface area contributed by atoms with Gasteiger partial charge in [0.05, 0.1) is 0 Å². The van der Waals surface area contributed by atoms with Crippen LogP contribution in [0.3, 0.4) is 0 Å². The zero-order valence-electron chi connectivity index (χ0n) is 13.0. The molecule has 0 aliphatic carbocycles. The van der Waals surface area contributed by atoms with E-state index in [1.54, 1.807) is 24.3 Å². The molecule has 1 fully saturated rings. The average molecular weight is 344 g/mol. The minimum absolute atomic E-state index is 0.0550. The van der Waals surface area contributed by atoms with Gasteiger partial charge in [0.1, 0.15) is 5.75 Å². The van der Waals surface area contributed by atoms with E-state index in [0.29, 0.717) is 25.1 Å². The molecular formula is C16H19F3N2O3. The third-order valence-corrected chi connectivity index (χ3v) is 3.85. The van der Waals surface area contributed by atoms with Crippen LogP contribution in [0.2, 0.25) is 0 Å². The van der Waals surface area contributed by atoms with E-state index < -0.39 is 12.1 Å². The molecular weight excluding hydrogens is 325 g/mol. The number of carbonyl (C=O) groups is 2. The molecule has 0 radical (unpaired) electrons. The molecule has 8 heteroatoms. The van der Waals surface area contributed by atoms with Gasteiger partial charge in [-0.3, -0.25) is 9.59 Å². The van der Waals surface area contributed by atoms with Crippen molar-refractivity contribution in [2.75, 3.05) is 26.2 Å². The second-order valence-electron chi connectivity index (χ2n) is 5.64. The van der Waals surface area contributed by atoms with E-state index in [4.69, 9.17) is 4.74 Å². The summed E-state index contributed by atoms with van der Waals surface area (Å²) in [6.45, 7) is 0.360. The van der Waals surface area contributed by atoms with Crippen LogP contribution in [0.4, 0.5) is 13.2 Å². The van der Waals surface area contributed by atoms with Gasteiger partial charge in [-0.25, -0.2) is 0 Å². The van der Waals surface area contributed by atoms with Gasteiger partial charge in [-0.2, -0.15) is 13.2 Å². The van der Waals surface area contributed by atoms with Crippen LogP contribution in [0.5, 0.6) is 5.75 Å². The van der Waals surface area contributed by atoms with Gasteiger partial charge in [0.15, 0.2) is 6.61 Å². The molecule has 0 saturated carbocycles. The number of alkyl halides is 3. The largest absolute Gasteiger partial charge is 0.484 e. The third-order valence-electron chi connectivity index (χ3n) is 3.85. The van der Waals surface area contributed by atoms with Gasteiger partial charge < -0.3 is 15.0 Å². The monoisotopic (exact) mass is 344 g/mol. The SMILES string of the molecule is O=C(COc1ccccc1)NCC1CCN(C(=O)C(F)(F)F)CC1. The summed E-state index contributed by atoms with van der Waals surface area (Å²) in [5, 5.41) is 2.71. The molecule has 2 rings (SSSR count). The Balaban J connectivity index is 1.65. The van der Waals surface area contributed by atoms with E-state index in [1.807, 2.05) is 6.07 Å². The highest BCUT2D eigenvalue weighted by molar-refractivity contribution is 5.82. The van der Waals surface area contributed by atoms with Crippen LogP contribution in [0.1, 0.15) is 12.8 Å². The highest BCUT2D eigenvalue weighted by atomic mass is 19.4. The summed E-state index contributed by atoms with van der Waals surface area (Å²) in [4.78, 5) is 23.7. The highest BCUT2D eigenvalue weighted by Gasteiger charge is 2.43. The van der Waals surface area contributed by atoms with Gasteiger partial charge in [-0.1, -0.05) is 18.2 Å². The number of piperidine rings is 1. The van der Waals surface area contributed by atoms with Crippen molar-refractivity contribution in [3.05, 3.63) is 30.3 Å². The lowest BCUT2D eigenvalue weighted by Gasteiger charge is -2.32. The van der Waals surface area contributed by atoms with Crippen LogP contribution in [-0.4, -0.2) is 49.1 Å². The fourth-order valence-corrected chi connectivity index (χ4v) is 2.49. The van der Waals surface area contributed by atoms with Crippen molar-refractivity contribution in [3.63, 3.8) is 0 Å². The Morgan fingerprint density at radius 3 is 2.38 bits per heavy atom. The maximum Gasteiger partial charge on any atom is 0.471 e. The van der Waals surface area contributed by atoms with Gasteiger partial charge in [0, 0.05) is 19.6 Å². The molecule has 1 aliphatic heterocycles. The first-order valence-electron chi connectivity index (χ1n) is 7.67. The number of carbonyl (C=O) groups excluding carboxylic acids is 2. The summed E-state index contributed by atoms with van der Waals surface area (Å²) in [7, 11) is 0. The number of rotatable bonds is 5. The van der Waals surface area contributed by atoms with Crippen LogP contribution in [0, 0.1) is 5.92 Å². The first-order valence-corrected chi connectivity index (χ1v) is 7.67. The number of hydrogen-bond acceptors (Lipinski definition) is 3. The summed E-state index contributed by atoms with van der Waals surface area (Å²) in [5.74, 6) is -1.43. The molecule has 132 valence electrons. The lowest BCUT2D eigenvalue weighted by Crippen LogP contribution is -2.46. The van der Waals surface area contributed by atoms with E-state index in [-0.39, 0.29) is 31.5 Å². The summed E-state index contributed by atoms with van der Waals surface area (Å²) in [6.07, 6.45) is -3.96. The number of nitrogens with one attached hydrogen (secondary N) is 1. The smallest absolute Gasteiger partial charge is 0.471 e. The van der Waals surface area contributed by atoms with Crippen LogP contribution >= 0.6 is 0 Å². The Morgan fingerprint density at radius 2 is 1.79 bits per heavy atom. The van der Waals surface area contributed by atoms with E-state index in [1.165, 1.54) is 0 Å². The molecule has 0 spiro atoms. The third kappa shape index (κ3) is 5.43. The maximum atomic E-state index is 12.3. The van der Waals surface area contributed by atoms with Gasteiger partial charge in [0.25, 0.3) is 5.91 Å². The molecule has 0 unspecified atom stereocenters. The number of hydrogen-bond donors (Lipinski definition) is 1. The Kier molecular flexibility index (Phi) is 6.05. The van der Waals surface area contributed by atoms with Crippen molar-refractivity contribution >= 4 is 11.8 Å². The summed E-state index contributed by atoms with van der Waals surface area (Å²) >= 11 is 0. The van der Waals surface area contributed by atoms with Crippen molar-refractivity contribution in [2.24, 2.45) is 5.92 Å². The van der Waals surface area contributed by atoms with Gasteiger partial charge in [0.2, 0.25) is 0 Å². The van der Waals surface area contributed by atoms with E-state index in [9.17, 15) is 22.8 Å². The first kappa shape index (κ1) is 18.1. The van der Waals surface area contributed by atoms with Crippen molar-refractivity contribution in [3.8, 4) is 5.75 Å². The molecule has 1 aliphatic rings. The molecule has 1 aromatic carbocycles. The Bertz CT molecular complexity index is 555. The quantitative estimate of drug-likeness (QED) is 0.889. The highest BCUT2D eigenvalue weighted by Crippen LogP contribution is 2.23. The molecule has 1 saturated heterocycles. The minimum atomic E-state index is -4.82. The molecule has 0 aromatic heterocycles. The Hall–Kier alpha value is -2.25. The molecule has 0 atom stereocenters. The second-order valence-corrected chi connectivity index (χ2v) is 5.64. The predicted molar refractivity (Wildman–Crippen MR) is 80.3 cm³/mol. The summed E-state index contributed by atoms with van der Waals surface area (Å²) in [5.41, 5.74) is 0. The maximum absolute atomic E-state index is 12.3. The van der Waals surface area contributed by atoms with Crippen molar-refractivity contribution in [1.82, 2.24) is 10.2 Å². The van der Waals surface area contributed by atoms with E-state index >= 15 is 0 Å². The van der Waals surface area contributed by atoms with Crippen molar-refractivity contribution < 1.29 is 27.5 Å². The lowest BCUT2D eigenvalue weighted by atomic mass is 9.96. The lowest BCUT2D eigenvalue weighted by molar-refractivity contribution is -0.186. The van der Waals surface area contributed by atoms with E-state index in [2.05, 4.69) is 5.32 Å². The zero-order valence-corrected chi connectivity index (χ0v) is 13.0. The molecule has 1 aromatic rings. The Labute approximate surface area is 137 Å².